The number of amides is 1. The Morgan fingerprint density at radius 3 is 2.62 bits per heavy atom. The first-order valence-corrected chi connectivity index (χ1v) is 9.07. The molecule has 2 aliphatic heterocycles. The zero-order chi connectivity index (χ0) is 17.2. The highest BCUT2D eigenvalue weighted by Crippen LogP contribution is 2.25. The maximum Gasteiger partial charge on any atom is 0.238 e. The van der Waals surface area contributed by atoms with Crippen LogP contribution in [0, 0.1) is 0 Å². The predicted octanol–water partition coefficient (Wildman–Crippen LogP) is 1.39. The van der Waals surface area contributed by atoms with E-state index in [2.05, 4.69) is 46.8 Å². The fourth-order valence-electron chi connectivity index (χ4n) is 3.45. The van der Waals surface area contributed by atoms with E-state index in [4.69, 9.17) is 12.2 Å². The summed E-state index contributed by atoms with van der Waals surface area (Å²) in [5, 5.41) is 10.9. The first kappa shape index (κ1) is 17.2. The van der Waals surface area contributed by atoms with Gasteiger partial charge in [0.05, 0.1) is 11.7 Å². The Hall–Kier alpha value is -1.66. The van der Waals surface area contributed by atoms with Gasteiger partial charge in [0, 0.05) is 32.0 Å². The van der Waals surface area contributed by atoms with Gasteiger partial charge in [-0.25, -0.2) is 0 Å². The fourth-order valence-corrected chi connectivity index (χ4v) is 3.87. The van der Waals surface area contributed by atoms with Crippen LogP contribution in [-0.2, 0) is 11.2 Å². The van der Waals surface area contributed by atoms with Crippen LogP contribution in [0.25, 0.3) is 0 Å². The molecule has 1 aromatic carbocycles. The number of piperidine rings is 1. The molecule has 1 atom stereocenters. The number of carbonyl (C=O) groups is 1. The normalized spacial score (nSPS) is 22.7. The van der Waals surface area contributed by atoms with Crippen molar-refractivity contribution in [2.45, 2.75) is 50.9 Å². The highest BCUT2D eigenvalue weighted by molar-refractivity contribution is 7.80. The molecule has 2 fully saturated rings. The Kier molecular flexibility index (Phi) is 5.06. The summed E-state index contributed by atoms with van der Waals surface area (Å²) in [4.78, 5) is 14.6. The summed E-state index contributed by atoms with van der Waals surface area (Å²) in [5.74, 6) is 0.107. The van der Waals surface area contributed by atoms with Crippen LogP contribution >= 0.6 is 12.2 Å². The van der Waals surface area contributed by atoms with Crippen molar-refractivity contribution in [2.24, 2.45) is 0 Å². The number of hydrogen-bond donors (Lipinski definition) is 3. The van der Waals surface area contributed by atoms with Crippen LogP contribution < -0.4 is 16.0 Å². The minimum atomic E-state index is -0.277. The third kappa shape index (κ3) is 3.87. The van der Waals surface area contributed by atoms with E-state index < -0.39 is 0 Å². The molecule has 1 spiro atoms. The van der Waals surface area contributed by atoms with Crippen molar-refractivity contribution in [3.8, 4) is 0 Å². The van der Waals surface area contributed by atoms with E-state index in [1.807, 2.05) is 18.2 Å². The molecular formula is C18H26N4OS. The third-order valence-electron chi connectivity index (χ3n) is 4.73. The van der Waals surface area contributed by atoms with E-state index >= 15 is 0 Å². The molecule has 1 amide bonds. The number of benzene rings is 1. The maximum atomic E-state index is 12.4. The lowest BCUT2D eigenvalue weighted by atomic mass is 9.97. The molecule has 3 rings (SSSR count). The molecule has 0 aliphatic carbocycles. The summed E-state index contributed by atoms with van der Waals surface area (Å²) in [7, 11) is 0. The second-order valence-electron chi connectivity index (χ2n) is 7.05. The lowest BCUT2D eigenvalue weighted by Crippen LogP contribution is -2.59. The van der Waals surface area contributed by atoms with E-state index in [0.29, 0.717) is 6.04 Å². The van der Waals surface area contributed by atoms with Gasteiger partial charge in [0.25, 0.3) is 0 Å². The zero-order valence-electron chi connectivity index (χ0n) is 14.3. The van der Waals surface area contributed by atoms with Gasteiger partial charge in [-0.15, -0.1) is 0 Å². The number of nitrogens with zero attached hydrogens (tertiary/aromatic N) is 1. The standard InChI is InChI=1S/C18H26N4OS/c1-13(2)19-17(24)22-10-8-18(9-11-22)20-15(16(23)21-18)12-14-6-4-3-5-7-14/h3-7,13,15,20H,8-12H2,1-2H3,(H,19,24)(H,21,23). The zero-order valence-corrected chi connectivity index (χ0v) is 15.2. The van der Waals surface area contributed by atoms with E-state index in [0.717, 1.165) is 37.5 Å². The quantitative estimate of drug-likeness (QED) is 0.722. The van der Waals surface area contributed by atoms with Gasteiger partial charge in [0.15, 0.2) is 5.11 Å². The fraction of sp³-hybridized carbons (Fsp3) is 0.556. The van der Waals surface area contributed by atoms with E-state index in [-0.39, 0.29) is 17.6 Å². The summed E-state index contributed by atoms with van der Waals surface area (Å²) in [6.45, 7) is 5.88. The van der Waals surface area contributed by atoms with Crippen LogP contribution in [-0.4, -0.2) is 46.8 Å². The molecule has 3 N–H and O–H groups in total. The Bertz CT molecular complexity index is 596. The van der Waals surface area contributed by atoms with E-state index in [1.54, 1.807) is 0 Å². The summed E-state index contributed by atoms with van der Waals surface area (Å²) in [5.41, 5.74) is 0.905. The second kappa shape index (κ2) is 7.07. The SMILES string of the molecule is CC(C)NC(=S)N1CCC2(CC1)NC(=O)C(Cc1ccccc1)N2. The van der Waals surface area contributed by atoms with Crippen LogP contribution in [0.4, 0.5) is 0 Å². The summed E-state index contributed by atoms with van der Waals surface area (Å²) in [6, 6.07) is 10.3. The molecule has 0 aromatic heterocycles. The van der Waals surface area contributed by atoms with Crippen molar-refractivity contribution >= 4 is 23.2 Å². The van der Waals surface area contributed by atoms with Crippen molar-refractivity contribution in [3.05, 3.63) is 35.9 Å². The number of nitrogens with one attached hydrogen (secondary N) is 3. The number of carbonyl (C=O) groups excluding carboxylic acids is 1. The van der Waals surface area contributed by atoms with E-state index in [9.17, 15) is 4.79 Å². The lowest BCUT2D eigenvalue weighted by Gasteiger charge is -2.40. The molecular weight excluding hydrogens is 320 g/mol. The van der Waals surface area contributed by atoms with Crippen molar-refractivity contribution in [1.29, 1.82) is 0 Å². The molecule has 6 heteroatoms. The Labute approximate surface area is 149 Å². The van der Waals surface area contributed by atoms with Crippen LogP contribution in [0.15, 0.2) is 30.3 Å². The molecule has 130 valence electrons. The molecule has 2 aliphatic rings. The summed E-state index contributed by atoms with van der Waals surface area (Å²) in [6.07, 6.45) is 2.46. The van der Waals surface area contributed by atoms with Gasteiger partial charge in [-0.05, 0) is 38.0 Å². The maximum absolute atomic E-state index is 12.4. The topological polar surface area (TPSA) is 56.4 Å². The number of thiocarbonyl (C=S) groups is 1. The van der Waals surface area contributed by atoms with Gasteiger partial charge in [-0.3, -0.25) is 10.1 Å². The molecule has 0 saturated carbocycles. The van der Waals surface area contributed by atoms with Crippen LogP contribution in [0.3, 0.4) is 0 Å². The first-order valence-electron chi connectivity index (χ1n) is 8.66. The van der Waals surface area contributed by atoms with Gasteiger partial charge in [-0.1, -0.05) is 30.3 Å². The van der Waals surface area contributed by atoms with Crippen molar-refractivity contribution < 1.29 is 4.79 Å². The lowest BCUT2D eigenvalue weighted by molar-refractivity contribution is -0.121. The minimum absolute atomic E-state index is 0.107. The second-order valence-corrected chi connectivity index (χ2v) is 7.44. The molecule has 2 saturated heterocycles. The summed E-state index contributed by atoms with van der Waals surface area (Å²) >= 11 is 5.45. The van der Waals surface area contributed by atoms with Crippen LogP contribution in [0.1, 0.15) is 32.3 Å². The van der Waals surface area contributed by atoms with Crippen molar-refractivity contribution in [2.75, 3.05) is 13.1 Å². The highest BCUT2D eigenvalue weighted by Gasteiger charge is 2.45. The monoisotopic (exact) mass is 346 g/mol. The van der Waals surface area contributed by atoms with Gasteiger partial charge < -0.3 is 15.5 Å². The Balaban J connectivity index is 1.57. The summed E-state index contributed by atoms with van der Waals surface area (Å²) < 4.78 is 0. The van der Waals surface area contributed by atoms with Crippen LogP contribution in [0.2, 0.25) is 0 Å². The molecule has 0 radical (unpaired) electrons. The van der Waals surface area contributed by atoms with Gasteiger partial charge in [0.1, 0.15) is 0 Å². The van der Waals surface area contributed by atoms with Gasteiger partial charge >= 0.3 is 0 Å². The molecule has 24 heavy (non-hydrogen) atoms. The first-order chi connectivity index (χ1) is 11.5. The minimum Gasteiger partial charge on any atom is -0.360 e. The average molecular weight is 346 g/mol. The molecule has 2 heterocycles. The van der Waals surface area contributed by atoms with Gasteiger partial charge in [-0.2, -0.15) is 0 Å². The van der Waals surface area contributed by atoms with Crippen LogP contribution in [0.5, 0.6) is 0 Å². The molecule has 1 unspecified atom stereocenters. The van der Waals surface area contributed by atoms with E-state index in [1.165, 1.54) is 5.56 Å². The molecule has 0 bridgehead atoms. The number of hydrogen-bond acceptors (Lipinski definition) is 3. The van der Waals surface area contributed by atoms with Crippen molar-refractivity contribution in [3.63, 3.8) is 0 Å². The molecule has 5 nitrogen and oxygen atoms in total. The smallest absolute Gasteiger partial charge is 0.238 e. The Morgan fingerprint density at radius 2 is 2.00 bits per heavy atom. The third-order valence-corrected chi connectivity index (χ3v) is 5.10. The number of likely N-dealkylation sites (tertiary alicyclic amines) is 1. The number of rotatable bonds is 3. The Morgan fingerprint density at radius 1 is 1.33 bits per heavy atom. The molecule has 1 aromatic rings. The predicted molar refractivity (Wildman–Crippen MR) is 99.6 cm³/mol. The van der Waals surface area contributed by atoms with Crippen molar-refractivity contribution in [1.82, 2.24) is 20.9 Å². The average Bonchev–Trinajstić information content (AvgIpc) is 2.83. The largest absolute Gasteiger partial charge is 0.360 e. The van der Waals surface area contributed by atoms with Gasteiger partial charge in [0.2, 0.25) is 5.91 Å². The highest BCUT2D eigenvalue weighted by atomic mass is 32.1.